The van der Waals surface area contributed by atoms with Crippen molar-refractivity contribution in [3.05, 3.63) is 0 Å². The minimum Gasteiger partial charge on any atom is -0.394 e. The Hall–Kier alpha value is -4.85. The first kappa shape index (κ1) is 52.2. The predicted octanol–water partition coefficient (Wildman–Crippen LogP) is -2.70. The van der Waals surface area contributed by atoms with Gasteiger partial charge in [-0.15, -0.1) is 0 Å². The second kappa shape index (κ2) is 25.4. The van der Waals surface area contributed by atoms with Crippen molar-refractivity contribution in [2.45, 2.75) is 143 Å². The lowest BCUT2D eigenvalue weighted by atomic mass is 9.85. The van der Waals surface area contributed by atoms with Crippen molar-refractivity contribution in [2.24, 2.45) is 46.8 Å². The molecule has 20 nitrogen and oxygen atoms in total. The predicted molar refractivity (Wildman–Crippen MR) is 208 cm³/mol. The Bertz CT molecular complexity index is 1410. The van der Waals surface area contributed by atoms with E-state index in [-0.39, 0.29) is 37.0 Å². The maximum absolute atomic E-state index is 13.7. The summed E-state index contributed by atoms with van der Waals surface area (Å²) in [4.78, 5) is 114. The molecule has 9 atom stereocenters. The van der Waals surface area contributed by atoms with E-state index in [9.17, 15) is 53.4 Å². The molecule has 20 heteroatoms. The summed E-state index contributed by atoms with van der Waals surface area (Å²) in [6.45, 7) is 14.4. The zero-order valence-electron chi connectivity index (χ0n) is 34.7. The summed E-state index contributed by atoms with van der Waals surface area (Å²) >= 11 is 0. The van der Waals surface area contributed by atoms with Gasteiger partial charge < -0.3 is 59.3 Å². The fraction of sp³-hybridized carbons (Fsp3) is 0.757. The largest absolute Gasteiger partial charge is 0.394 e. The van der Waals surface area contributed by atoms with Crippen LogP contribution in [-0.4, -0.2) is 112 Å². The molecule has 0 aromatic carbocycles. The molecule has 0 aromatic heterocycles. The molecule has 0 heterocycles. The van der Waals surface area contributed by atoms with Crippen molar-refractivity contribution < 1.29 is 53.4 Å². The molecule has 9 amide bonds. The third-order valence-electron chi connectivity index (χ3n) is 9.45. The average molecular weight is 814 g/mol. The molecule has 0 fully saturated rings. The third-order valence-corrected chi connectivity index (χ3v) is 9.45. The Balaban J connectivity index is 6.33. The Labute approximate surface area is 334 Å². The zero-order chi connectivity index (χ0) is 44.3. The Morgan fingerprint density at radius 3 is 1.56 bits per heavy atom. The molecule has 0 aliphatic rings. The molecule has 0 aromatic rings. The molecular formula is C37H67N9O11. The van der Waals surface area contributed by atoms with Gasteiger partial charge in [0.15, 0.2) is 0 Å². The molecule has 0 aliphatic carbocycles. The van der Waals surface area contributed by atoms with Gasteiger partial charge in [0.25, 0.3) is 0 Å². The first-order valence-corrected chi connectivity index (χ1v) is 19.3. The summed E-state index contributed by atoms with van der Waals surface area (Å²) < 4.78 is 0. The maximum atomic E-state index is 13.7. The van der Waals surface area contributed by atoms with Crippen LogP contribution in [0, 0.1) is 29.6 Å². The van der Waals surface area contributed by atoms with Crippen LogP contribution in [0.4, 0.5) is 0 Å². The standard InChI is InChI=1S/C37H67N9O11/c1-10-20(8)31(32(40)52)46-37(57)30(19(6)7)45-33(53)22(18(4)5)14-27(49)24(13-17(2)3)43-35(55)25(15-29(39)51)44-34(54)23(11-12-28(38)50)42-36(56)26(16-47)41-21(9)48/h17-20,22-27,30-31,47,49H,10-16H2,1-9H3,(H2,38,50)(H2,39,51)(H2,40,52)(H,41,48)(H,42,56)(H,43,55)(H,44,54)(H,45,53)(H,46,57)/t20?,22-,23-,24-,25-,26-,27-,30-,31-/m0/s1. The summed E-state index contributed by atoms with van der Waals surface area (Å²) in [5.41, 5.74) is 16.2. The van der Waals surface area contributed by atoms with Crippen molar-refractivity contribution >= 4 is 53.2 Å². The molecule has 0 saturated heterocycles. The van der Waals surface area contributed by atoms with E-state index in [1.807, 2.05) is 20.8 Å². The lowest BCUT2D eigenvalue weighted by Crippen LogP contribution is -2.59. The van der Waals surface area contributed by atoms with Crippen molar-refractivity contribution in [1.82, 2.24) is 31.9 Å². The summed E-state index contributed by atoms with van der Waals surface area (Å²) in [6, 6.07) is -7.65. The summed E-state index contributed by atoms with van der Waals surface area (Å²) in [6.07, 6.45) is -2.26. The Morgan fingerprint density at radius 1 is 0.596 bits per heavy atom. The smallest absolute Gasteiger partial charge is 0.245 e. The number of aliphatic hydroxyl groups excluding tert-OH is 2. The molecule has 0 bridgehead atoms. The summed E-state index contributed by atoms with van der Waals surface area (Å²) in [5, 5.41) is 36.0. The minimum atomic E-state index is -1.64. The number of hydrogen-bond acceptors (Lipinski definition) is 11. The quantitative estimate of drug-likeness (QED) is 0.0406. The number of aliphatic hydroxyl groups is 2. The van der Waals surface area contributed by atoms with Crippen LogP contribution >= 0.6 is 0 Å². The third kappa shape index (κ3) is 19.2. The van der Waals surface area contributed by atoms with Gasteiger partial charge in [-0.3, -0.25) is 43.2 Å². The van der Waals surface area contributed by atoms with Gasteiger partial charge in [-0.2, -0.15) is 0 Å². The number of carbonyl (C=O) groups excluding carboxylic acids is 9. The van der Waals surface area contributed by atoms with Gasteiger partial charge in [0.05, 0.1) is 25.2 Å². The van der Waals surface area contributed by atoms with E-state index < -0.39 is 127 Å². The average Bonchev–Trinajstić information content (AvgIpc) is 3.09. The molecule has 1 unspecified atom stereocenters. The molecule has 57 heavy (non-hydrogen) atoms. The fourth-order valence-electron chi connectivity index (χ4n) is 5.93. The Kier molecular flexibility index (Phi) is 23.2. The monoisotopic (exact) mass is 813 g/mol. The topological polar surface area (TPSA) is 344 Å². The first-order chi connectivity index (χ1) is 26.4. The van der Waals surface area contributed by atoms with Crippen LogP contribution in [-0.2, 0) is 43.2 Å². The lowest BCUT2D eigenvalue weighted by Gasteiger charge is -2.32. The van der Waals surface area contributed by atoms with Gasteiger partial charge in [0.2, 0.25) is 53.2 Å². The van der Waals surface area contributed by atoms with E-state index in [0.717, 1.165) is 6.92 Å². The van der Waals surface area contributed by atoms with Gasteiger partial charge in [-0.1, -0.05) is 61.8 Å². The number of nitrogens with two attached hydrogens (primary N) is 3. The number of amides is 9. The van der Waals surface area contributed by atoms with Gasteiger partial charge >= 0.3 is 0 Å². The van der Waals surface area contributed by atoms with Gasteiger partial charge in [0.1, 0.15) is 30.2 Å². The van der Waals surface area contributed by atoms with Gasteiger partial charge in [-0.25, -0.2) is 0 Å². The maximum Gasteiger partial charge on any atom is 0.245 e. The number of primary amides is 3. The normalized spacial score (nSPS) is 16.1. The molecule has 0 spiro atoms. The molecular weight excluding hydrogens is 746 g/mol. The first-order valence-electron chi connectivity index (χ1n) is 19.3. The minimum absolute atomic E-state index is 0.116. The molecule has 14 N–H and O–H groups in total. The number of nitrogens with one attached hydrogen (secondary N) is 6. The molecule has 0 radical (unpaired) electrons. The van der Waals surface area contributed by atoms with Gasteiger partial charge in [-0.05, 0) is 42.9 Å². The number of hydrogen-bond donors (Lipinski definition) is 11. The highest BCUT2D eigenvalue weighted by molar-refractivity contribution is 5.96. The van der Waals surface area contributed by atoms with E-state index in [4.69, 9.17) is 17.2 Å². The second-order valence-electron chi connectivity index (χ2n) is 15.6. The van der Waals surface area contributed by atoms with Crippen LogP contribution in [0.1, 0.15) is 101 Å². The van der Waals surface area contributed by atoms with E-state index in [1.54, 1.807) is 34.6 Å². The summed E-state index contributed by atoms with van der Waals surface area (Å²) in [7, 11) is 0. The Morgan fingerprint density at radius 2 is 1.12 bits per heavy atom. The lowest BCUT2D eigenvalue weighted by molar-refractivity contribution is -0.136. The van der Waals surface area contributed by atoms with Crippen molar-refractivity contribution in [3.8, 4) is 0 Å². The molecule has 0 aliphatic heterocycles. The van der Waals surface area contributed by atoms with E-state index in [1.165, 1.54) is 0 Å². The second-order valence-corrected chi connectivity index (χ2v) is 15.6. The van der Waals surface area contributed by atoms with Crippen molar-refractivity contribution in [1.29, 1.82) is 0 Å². The van der Waals surface area contributed by atoms with Crippen LogP contribution in [0.25, 0.3) is 0 Å². The molecule has 0 rings (SSSR count). The highest BCUT2D eigenvalue weighted by Gasteiger charge is 2.37. The van der Waals surface area contributed by atoms with Gasteiger partial charge in [0, 0.05) is 19.3 Å². The van der Waals surface area contributed by atoms with Crippen LogP contribution in [0.2, 0.25) is 0 Å². The van der Waals surface area contributed by atoms with Crippen LogP contribution < -0.4 is 49.1 Å². The fourth-order valence-corrected chi connectivity index (χ4v) is 5.93. The van der Waals surface area contributed by atoms with Crippen molar-refractivity contribution in [2.75, 3.05) is 6.61 Å². The van der Waals surface area contributed by atoms with Crippen LogP contribution in [0.3, 0.4) is 0 Å². The van der Waals surface area contributed by atoms with Crippen LogP contribution in [0.5, 0.6) is 0 Å². The van der Waals surface area contributed by atoms with Crippen LogP contribution in [0.15, 0.2) is 0 Å². The van der Waals surface area contributed by atoms with E-state index in [2.05, 4.69) is 31.9 Å². The number of carbonyl (C=O) groups is 9. The summed E-state index contributed by atoms with van der Waals surface area (Å²) in [5.74, 6) is -9.33. The highest BCUT2D eigenvalue weighted by Crippen LogP contribution is 2.23. The molecule has 0 saturated carbocycles. The van der Waals surface area contributed by atoms with E-state index in [0.29, 0.717) is 6.42 Å². The van der Waals surface area contributed by atoms with Crippen molar-refractivity contribution in [3.63, 3.8) is 0 Å². The zero-order valence-corrected chi connectivity index (χ0v) is 34.7. The van der Waals surface area contributed by atoms with E-state index >= 15 is 0 Å². The molecule has 326 valence electrons. The number of rotatable bonds is 27. The highest BCUT2D eigenvalue weighted by atomic mass is 16.3. The SMILES string of the molecule is CCC(C)[C@H](NC(=O)[C@@H](NC(=O)[C@@H](C[C@H](O)[C@H](CC(C)C)NC(=O)[C@H](CC(N)=O)NC(=O)[C@H](CCC(N)=O)NC(=O)[C@H](CO)NC(C)=O)C(C)C)C(C)C)C(N)=O.